The number of carbonyl (C=O) groups excluding carboxylic acids is 1. The number of methoxy groups -OCH3 is 1. The topological polar surface area (TPSA) is 72.6 Å². The van der Waals surface area contributed by atoms with Crippen LogP contribution in [0.4, 0.5) is 5.69 Å². The molecule has 7 nitrogen and oxygen atoms in total. The zero-order valence-electron chi connectivity index (χ0n) is 23.1. The normalized spacial score (nSPS) is 15.4. The highest BCUT2D eigenvalue weighted by atomic mass is 16.5. The maximum atomic E-state index is 13.5. The van der Waals surface area contributed by atoms with Crippen LogP contribution in [0.5, 0.6) is 5.75 Å². The first-order valence-corrected chi connectivity index (χ1v) is 14.6. The minimum absolute atomic E-state index is 0.117. The van der Waals surface area contributed by atoms with Gasteiger partial charge in [-0.1, -0.05) is 102 Å². The molecule has 0 saturated carbocycles. The molecule has 204 valence electrons. The van der Waals surface area contributed by atoms with E-state index in [1.54, 1.807) is 7.11 Å². The second-order valence-corrected chi connectivity index (χ2v) is 10.3. The summed E-state index contributed by atoms with van der Waals surface area (Å²) in [4.78, 5) is 15.1. The fraction of sp³-hybridized carbons (Fsp3) is 0.548. The first-order chi connectivity index (χ1) is 18.7. The lowest BCUT2D eigenvalue weighted by molar-refractivity contribution is -0.119. The molecule has 1 unspecified atom stereocenters. The van der Waals surface area contributed by atoms with E-state index in [1.165, 1.54) is 80.4 Å². The first kappa shape index (κ1) is 27.8. The number of hydrogen-bond donors (Lipinski definition) is 0. The van der Waals surface area contributed by atoms with Gasteiger partial charge in [-0.3, -0.25) is 4.79 Å². The number of ether oxygens (including phenoxy) is 1. The number of unbranched alkanes of at least 4 members (excludes halogenated alkanes) is 12. The molecule has 38 heavy (non-hydrogen) atoms. The Hall–Kier alpha value is -3.22. The second kappa shape index (κ2) is 14.6. The second-order valence-electron chi connectivity index (χ2n) is 10.3. The number of anilines is 1. The molecule has 1 aromatic heterocycles. The van der Waals surface area contributed by atoms with E-state index in [9.17, 15) is 4.79 Å². The number of amides is 1. The molecule has 2 heterocycles. The van der Waals surface area contributed by atoms with E-state index in [0.717, 1.165) is 36.2 Å². The van der Waals surface area contributed by atoms with Crippen LogP contribution in [0.3, 0.4) is 0 Å². The van der Waals surface area contributed by atoms with Crippen LogP contribution in [0, 0.1) is 0 Å². The van der Waals surface area contributed by atoms with Gasteiger partial charge in [-0.2, -0.15) is 25.1 Å². The molecule has 0 radical (unpaired) electrons. The number of aromatic nitrogens is 3. The van der Waals surface area contributed by atoms with Crippen molar-refractivity contribution in [1.82, 2.24) is 15.0 Å². The third-order valence-electron chi connectivity index (χ3n) is 7.36. The van der Waals surface area contributed by atoms with E-state index in [4.69, 9.17) is 9.84 Å². The molecule has 1 atom stereocenters. The van der Waals surface area contributed by atoms with Gasteiger partial charge in [0, 0.05) is 6.07 Å². The third kappa shape index (κ3) is 7.42. The minimum atomic E-state index is -0.620. The lowest BCUT2D eigenvalue weighted by Crippen LogP contribution is -2.31. The molecular weight excluding hydrogens is 474 g/mol. The van der Waals surface area contributed by atoms with Crippen LogP contribution in [-0.4, -0.2) is 33.7 Å². The highest BCUT2D eigenvalue weighted by molar-refractivity contribution is 6.17. The Morgan fingerprint density at radius 3 is 2.00 bits per heavy atom. The molecular formula is C31H43N5O2. The van der Waals surface area contributed by atoms with Gasteiger partial charge >= 0.3 is 0 Å². The van der Waals surface area contributed by atoms with Gasteiger partial charge in [-0.15, -0.1) is 0 Å². The number of fused-ring (bicyclic) bond motifs is 1. The van der Waals surface area contributed by atoms with Crippen molar-refractivity contribution >= 4 is 28.3 Å². The Labute approximate surface area is 227 Å². The Morgan fingerprint density at radius 2 is 1.37 bits per heavy atom. The van der Waals surface area contributed by atoms with Gasteiger partial charge in [0.2, 0.25) is 0 Å². The molecule has 0 fully saturated rings. The zero-order valence-corrected chi connectivity index (χ0v) is 23.1. The maximum Gasteiger partial charge on any atom is 0.280 e. The van der Waals surface area contributed by atoms with Crippen molar-refractivity contribution in [2.45, 2.75) is 103 Å². The lowest BCUT2D eigenvalue weighted by atomic mass is 10.0. The fourth-order valence-corrected chi connectivity index (χ4v) is 5.14. The summed E-state index contributed by atoms with van der Waals surface area (Å²) >= 11 is 0. The van der Waals surface area contributed by atoms with Crippen LogP contribution in [0.2, 0.25) is 0 Å². The molecule has 0 N–H and O–H groups in total. The van der Waals surface area contributed by atoms with E-state index in [0.29, 0.717) is 11.3 Å². The lowest BCUT2D eigenvalue weighted by Gasteiger charge is -2.13. The molecule has 4 rings (SSSR count). The monoisotopic (exact) mass is 517 g/mol. The number of nitrogens with zero attached hydrogens (tertiary/aromatic N) is 5. The van der Waals surface area contributed by atoms with Crippen LogP contribution in [0.15, 0.2) is 53.6 Å². The van der Waals surface area contributed by atoms with E-state index < -0.39 is 6.04 Å². The van der Waals surface area contributed by atoms with E-state index >= 15 is 0 Å². The van der Waals surface area contributed by atoms with Gasteiger partial charge in [-0.25, -0.2) is 0 Å². The summed E-state index contributed by atoms with van der Waals surface area (Å²) in [6, 6.07) is 14.5. The summed E-state index contributed by atoms with van der Waals surface area (Å²) in [6.07, 6.45) is 17.8. The molecule has 1 aliphatic rings. The number of hydrazone groups is 1. The molecule has 7 heteroatoms. The number of para-hydroxylation sites is 1. The smallest absolute Gasteiger partial charge is 0.280 e. The number of benzene rings is 2. The molecule has 0 spiro atoms. The van der Waals surface area contributed by atoms with E-state index in [2.05, 4.69) is 17.1 Å². The first-order valence-electron chi connectivity index (χ1n) is 14.6. The van der Waals surface area contributed by atoms with Crippen LogP contribution in [-0.2, 0) is 4.79 Å². The van der Waals surface area contributed by atoms with Crippen LogP contribution in [0.1, 0.15) is 103 Å². The Bertz CT molecular complexity index is 1170. The molecule has 1 aliphatic heterocycles. The van der Waals surface area contributed by atoms with E-state index in [-0.39, 0.29) is 5.91 Å². The molecule has 0 aliphatic carbocycles. The van der Waals surface area contributed by atoms with E-state index in [1.807, 2.05) is 48.5 Å². The Morgan fingerprint density at radius 1 is 0.763 bits per heavy atom. The fourth-order valence-electron chi connectivity index (χ4n) is 5.14. The van der Waals surface area contributed by atoms with Crippen LogP contribution < -0.4 is 9.75 Å². The Balaban J connectivity index is 1.29. The maximum absolute atomic E-state index is 13.5. The van der Waals surface area contributed by atoms with Crippen molar-refractivity contribution in [3.05, 3.63) is 48.5 Å². The van der Waals surface area contributed by atoms with Crippen molar-refractivity contribution in [3.63, 3.8) is 0 Å². The summed E-state index contributed by atoms with van der Waals surface area (Å²) in [6.45, 7) is 2.27. The molecule has 2 aromatic carbocycles. The van der Waals surface area contributed by atoms with Gasteiger partial charge in [0.05, 0.1) is 18.5 Å². The summed E-state index contributed by atoms with van der Waals surface area (Å²) in [5.74, 6) is 0.599. The highest BCUT2D eigenvalue weighted by Crippen LogP contribution is 2.29. The average molecular weight is 518 g/mol. The van der Waals surface area contributed by atoms with Crippen LogP contribution in [0.25, 0.3) is 11.0 Å². The molecule has 0 saturated heterocycles. The van der Waals surface area contributed by atoms with Crippen molar-refractivity contribution in [3.8, 4) is 5.75 Å². The summed E-state index contributed by atoms with van der Waals surface area (Å²) in [5, 5.41) is 15.6. The average Bonchev–Trinajstić information content (AvgIpc) is 3.51. The highest BCUT2D eigenvalue weighted by Gasteiger charge is 2.39. The molecule has 3 aromatic rings. The number of rotatable bonds is 17. The minimum Gasteiger partial charge on any atom is -0.497 e. The summed E-state index contributed by atoms with van der Waals surface area (Å²) in [7, 11) is 1.63. The van der Waals surface area contributed by atoms with Crippen molar-refractivity contribution < 1.29 is 9.53 Å². The summed E-state index contributed by atoms with van der Waals surface area (Å²) < 4.78 is 5.33. The van der Waals surface area contributed by atoms with Crippen LogP contribution >= 0.6 is 0 Å². The quantitative estimate of drug-likeness (QED) is 0.171. The van der Waals surface area contributed by atoms with Crippen molar-refractivity contribution in [2.75, 3.05) is 12.1 Å². The third-order valence-corrected chi connectivity index (χ3v) is 7.36. The van der Waals surface area contributed by atoms with Gasteiger partial charge in [0.15, 0.2) is 6.04 Å². The van der Waals surface area contributed by atoms with Gasteiger partial charge in [-0.05, 0) is 37.1 Å². The molecule has 0 bridgehead atoms. The zero-order chi connectivity index (χ0) is 26.6. The van der Waals surface area contributed by atoms with Gasteiger partial charge < -0.3 is 4.74 Å². The SMILES string of the molecule is CCCCCCCCCCCCCCCC1=NN(c2ccccc2)C(=O)C1n1nc2ccc(OC)cc2n1. The van der Waals surface area contributed by atoms with Crippen molar-refractivity contribution in [2.24, 2.45) is 5.10 Å². The largest absolute Gasteiger partial charge is 0.497 e. The number of carbonyl (C=O) groups is 1. The predicted octanol–water partition coefficient (Wildman–Crippen LogP) is 7.87. The number of hydrogen-bond acceptors (Lipinski definition) is 5. The standard InChI is InChI=1S/C31H43N5O2/c1-3-4-5-6-7-8-9-10-11-12-13-14-18-21-28-30(31(37)35(32-28)25-19-16-15-17-20-25)36-33-27-23-22-26(38-2)24-29(27)34-36/h15-17,19-20,22-24,30H,3-14,18,21H2,1-2H3. The van der Waals surface area contributed by atoms with Gasteiger partial charge in [0.25, 0.3) is 5.91 Å². The predicted molar refractivity (Wildman–Crippen MR) is 155 cm³/mol. The summed E-state index contributed by atoms with van der Waals surface area (Å²) in [5.41, 5.74) is 3.03. The Kier molecular flexibility index (Phi) is 10.7. The van der Waals surface area contributed by atoms with Gasteiger partial charge in [0.1, 0.15) is 16.8 Å². The van der Waals surface area contributed by atoms with Crippen molar-refractivity contribution in [1.29, 1.82) is 0 Å². The molecule has 1 amide bonds.